The summed E-state index contributed by atoms with van der Waals surface area (Å²) in [6, 6.07) is 19.3. The van der Waals surface area contributed by atoms with Crippen molar-refractivity contribution < 1.29 is 19.1 Å². The highest BCUT2D eigenvalue weighted by molar-refractivity contribution is 6.36. The van der Waals surface area contributed by atoms with Crippen LogP contribution in [0.3, 0.4) is 0 Å². The lowest BCUT2D eigenvalue weighted by atomic mass is 9.87. The summed E-state index contributed by atoms with van der Waals surface area (Å²) in [7, 11) is 0. The molecule has 4 nitrogen and oxygen atoms in total. The first-order chi connectivity index (χ1) is 19.4. The van der Waals surface area contributed by atoms with Gasteiger partial charge >= 0.3 is 0 Å². The number of carbonyl (C=O) groups is 1. The summed E-state index contributed by atoms with van der Waals surface area (Å²) in [5.41, 5.74) is 8.34. The van der Waals surface area contributed by atoms with Gasteiger partial charge in [-0.2, -0.15) is 0 Å². The zero-order valence-electron chi connectivity index (χ0n) is 22.8. The number of allylic oxidation sites excluding steroid dienone is 1. The van der Waals surface area contributed by atoms with Gasteiger partial charge in [-0.25, -0.2) is 5.48 Å². The molecule has 212 valence electrons. The normalized spacial score (nSPS) is 13.9. The van der Waals surface area contributed by atoms with Crippen molar-refractivity contribution in [2.45, 2.75) is 70.8 Å². The van der Waals surface area contributed by atoms with Crippen LogP contribution in [0.2, 0.25) is 10.0 Å². The van der Waals surface area contributed by atoms with E-state index >= 15 is 0 Å². The van der Waals surface area contributed by atoms with Gasteiger partial charge in [0.25, 0.3) is 5.91 Å². The molecule has 3 aromatic rings. The Labute approximate surface area is 246 Å². The Morgan fingerprint density at radius 2 is 1.73 bits per heavy atom. The van der Waals surface area contributed by atoms with Gasteiger partial charge in [0.15, 0.2) is 0 Å². The summed E-state index contributed by atoms with van der Waals surface area (Å²) in [6.45, 7) is 1.88. The highest BCUT2D eigenvalue weighted by atomic mass is 35.5. The summed E-state index contributed by atoms with van der Waals surface area (Å²) in [5.74, 6) is 0.280. The van der Waals surface area contributed by atoms with Crippen molar-refractivity contribution in [1.29, 1.82) is 0 Å². The third-order valence-electron chi connectivity index (χ3n) is 7.48. The number of hydrogen-bond acceptors (Lipinski definition) is 3. The lowest BCUT2D eigenvalue weighted by molar-refractivity contribution is 0.0706. The zero-order valence-corrected chi connectivity index (χ0v) is 24.3. The number of hydrogen-bond donors (Lipinski definition) is 2. The molecule has 0 aliphatic heterocycles. The molecule has 0 saturated heterocycles. The summed E-state index contributed by atoms with van der Waals surface area (Å²) in [4.78, 5) is 12.1. The number of rotatable bonds is 12. The molecule has 0 radical (unpaired) electrons. The molecule has 0 unspecified atom stereocenters. The van der Waals surface area contributed by atoms with E-state index in [9.17, 15) is 9.18 Å². The first-order valence-electron chi connectivity index (χ1n) is 14.0. The van der Waals surface area contributed by atoms with Gasteiger partial charge in [0, 0.05) is 15.6 Å². The van der Waals surface area contributed by atoms with Gasteiger partial charge in [0.1, 0.15) is 5.75 Å². The van der Waals surface area contributed by atoms with Crippen LogP contribution in [0.15, 0.2) is 60.7 Å². The predicted molar refractivity (Wildman–Crippen MR) is 161 cm³/mol. The average Bonchev–Trinajstić information content (AvgIpc) is 3.15. The number of aryl methyl sites for hydroxylation is 1. The van der Waals surface area contributed by atoms with Crippen molar-refractivity contribution in [3.05, 3.63) is 98.5 Å². The van der Waals surface area contributed by atoms with Crippen LogP contribution in [0.25, 0.3) is 11.1 Å². The maximum atomic E-state index is 12.4. The van der Waals surface area contributed by atoms with Gasteiger partial charge in [-0.1, -0.05) is 67.2 Å². The minimum Gasteiger partial charge on any atom is -0.490 e. The third kappa shape index (κ3) is 7.45. The molecule has 2 N–H and O–H groups in total. The summed E-state index contributed by atoms with van der Waals surface area (Å²) in [5, 5.41) is 10.3. The monoisotopic (exact) mass is 583 g/mol. The molecule has 40 heavy (non-hydrogen) atoms. The van der Waals surface area contributed by atoms with E-state index in [1.807, 2.05) is 36.4 Å². The number of alkyl halides is 1. The molecular formula is C33H36Cl2FNO3. The molecule has 1 aliphatic carbocycles. The van der Waals surface area contributed by atoms with Crippen LogP contribution in [0, 0.1) is 0 Å². The number of nitrogens with one attached hydrogen (secondary N) is 1. The average molecular weight is 585 g/mol. The molecular weight excluding hydrogens is 548 g/mol. The van der Waals surface area contributed by atoms with Gasteiger partial charge in [-0.05, 0) is 115 Å². The minimum atomic E-state index is -0.534. The first-order valence-corrected chi connectivity index (χ1v) is 14.8. The Hall–Kier alpha value is -2.86. The van der Waals surface area contributed by atoms with Crippen LogP contribution < -0.4 is 10.2 Å². The van der Waals surface area contributed by atoms with Crippen molar-refractivity contribution >= 4 is 40.3 Å². The fourth-order valence-corrected chi connectivity index (χ4v) is 5.91. The zero-order chi connectivity index (χ0) is 28.5. The second kappa shape index (κ2) is 14.7. The molecule has 0 aromatic heterocycles. The summed E-state index contributed by atoms with van der Waals surface area (Å²) < 4.78 is 18.7. The molecule has 1 aliphatic rings. The molecule has 1 amide bonds. The van der Waals surface area contributed by atoms with E-state index in [4.69, 9.17) is 33.1 Å². The van der Waals surface area contributed by atoms with E-state index in [-0.39, 0.29) is 12.8 Å². The predicted octanol–water partition coefficient (Wildman–Crippen LogP) is 9.49. The number of unbranched alkanes of at least 4 members (excludes halogenated alkanes) is 3. The molecule has 0 saturated carbocycles. The number of amides is 1. The highest BCUT2D eigenvalue weighted by Gasteiger charge is 2.23. The van der Waals surface area contributed by atoms with E-state index in [1.54, 1.807) is 17.6 Å². The van der Waals surface area contributed by atoms with Gasteiger partial charge in [-0.15, -0.1) is 0 Å². The topological polar surface area (TPSA) is 58.6 Å². The van der Waals surface area contributed by atoms with Gasteiger partial charge < -0.3 is 4.74 Å². The van der Waals surface area contributed by atoms with Crippen LogP contribution in [-0.4, -0.2) is 23.9 Å². The molecule has 0 heterocycles. The quantitative estimate of drug-likeness (QED) is 0.127. The fraction of sp³-hybridized carbons (Fsp3) is 0.364. The number of benzene rings is 3. The van der Waals surface area contributed by atoms with Gasteiger partial charge in [-0.3, -0.25) is 14.4 Å². The van der Waals surface area contributed by atoms with E-state index in [2.05, 4.69) is 19.1 Å². The maximum absolute atomic E-state index is 12.4. The molecule has 0 fully saturated rings. The number of ether oxygens (including phenoxy) is 1. The van der Waals surface area contributed by atoms with Gasteiger partial charge in [0.2, 0.25) is 0 Å². The maximum Gasteiger partial charge on any atom is 0.274 e. The molecule has 0 spiro atoms. The Bertz CT molecular complexity index is 1340. The number of fused-ring (bicyclic) bond motifs is 1. The van der Waals surface area contributed by atoms with Crippen LogP contribution >= 0.6 is 23.2 Å². The number of halogens is 3. The second-order valence-electron chi connectivity index (χ2n) is 10.2. The minimum absolute atomic E-state index is 0.119. The van der Waals surface area contributed by atoms with Crippen LogP contribution in [0.5, 0.6) is 5.75 Å². The molecule has 3 aromatic carbocycles. The fourth-order valence-electron chi connectivity index (χ4n) is 5.39. The number of hydroxylamine groups is 1. The SMILES string of the molecule is CC[C@H](CCCCCCF)Oc1ccc(C2=C(c3ccc(Cl)cc3Cl)CCCc3cc(C(=O)NO)ccc32)cc1. The van der Waals surface area contributed by atoms with E-state index in [0.29, 0.717) is 22.0 Å². The van der Waals surface area contributed by atoms with E-state index < -0.39 is 5.91 Å². The van der Waals surface area contributed by atoms with Crippen LogP contribution in [0.4, 0.5) is 4.39 Å². The van der Waals surface area contributed by atoms with Crippen molar-refractivity contribution in [2.75, 3.05) is 6.67 Å². The number of carbonyl (C=O) groups excluding carboxylic acids is 1. The van der Waals surface area contributed by atoms with Crippen molar-refractivity contribution in [3.63, 3.8) is 0 Å². The molecule has 0 bridgehead atoms. The van der Waals surface area contributed by atoms with E-state index in [1.165, 1.54) is 0 Å². The Balaban J connectivity index is 1.70. The lowest BCUT2D eigenvalue weighted by Gasteiger charge is -2.20. The van der Waals surface area contributed by atoms with Crippen LogP contribution in [-0.2, 0) is 6.42 Å². The third-order valence-corrected chi connectivity index (χ3v) is 8.03. The Kier molecular flexibility index (Phi) is 11.0. The standard InChI is InChI=1S/C33H36Cl2FNO3/c1-2-26(9-5-3-4-6-19-36)40-27-15-11-22(12-16-27)32-28-17-13-24(33(38)37-39)20-23(28)8-7-10-30(32)29-18-14-25(34)21-31(29)35/h11-18,20-21,26,39H,2-10,19H2,1H3,(H,37,38)/t26-/m1/s1. The van der Waals surface area contributed by atoms with Crippen molar-refractivity contribution in [3.8, 4) is 5.75 Å². The summed E-state index contributed by atoms with van der Waals surface area (Å²) in [6.07, 6.45) is 8.04. The first kappa shape index (κ1) is 30.1. The molecule has 4 rings (SSSR count). The highest BCUT2D eigenvalue weighted by Crippen LogP contribution is 2.42. The van der Waals surface area contributed by atoms with Crippen molar-refractivity contribution in [2.24, 2.45) is 0 Å². The second-order valence-corrected chi connectivity index (χ2v) is 11.1. The Morgan fingerprint density at radius 1 is 0.975 bits per heavy atom. The Morgan fingerprint density at radius 3 is 2.42 bits per heavy atom. The van der Waals surface area contributed by atoms with E-state index in [0.717, 1.165) is 90.5 Å². The van der Waals surface area contributed by atoms with Gasteiger partial charge in [0.05, 0.1) is 12.8 Å². The van der Waals surface area contributed by atoms with Crippen LogP contribution in [0.1, 0.15) is 90.9 Å². The summed E-state index contributed by atoms with van der Waals surface area (Å²) >= 11 is 12.9. The molecule has 1 atom stereocenters. The smallest absolute Gasteiger partial charge is 0.274 e. The largest absolute Gasteiger partial charge is 0.490 e. The van der Waals surface area contributed by atoms with Crippen molar-refractivity contribution in [1.82, 2.24) is 5.48 Å². The lowest BCUT2D eigenvalue weighted by Crippen LogP contribution is -2.18. The molecule has 7 heteroatoms.